The van der Waals surface area contributed by atoms with E-state index in [9.17, 15) is 4.79 Å². The van der Waals surface area contributed by atoms with Crippen LogP contribution in [0.3, 0.4) is 0 Å². The number of rotatable bonds is 4. The molecule has 118 valence electrons. The van der Waals surface area contributed by atoms with Crippen LogP contribution >= 0.6 is 24.0 Å². The van der Waals surface area contributed by atoms with Crippen molar-refractivity contribution >= 4 is 29.9 Å². The second-order valence-electron chi connectivity index (χ2n) is 5.43. The smallest absolute Gasteiger partial charge is 0.234 e. The highest BCUT2D eigenvalue weighted by Gasteiger charge is 2.26. The Labute approximate surface area is 137 Å². The minimum absolute atomic E-state index is 0. The van der Waals surface area contributed by atoms with Gasteiger partial charge in [-0.3, -0.25) is 9.69 Å². The zero-order valence-corrected chi connectivity index (χ0v) is 14.0. The molecule has 1 saturated heterocycles. The van der Waals surface area contributed by atoms with E-state index in [0.29, 0.717) is 6.54 Å². The van der Waals surface area contributed by atoms with Gasteiger partial charge in [-0.25, -0.2) is 0 Å². The average molecular weight is 332 g/mol. The molecule has 1 fully saturated rings. The van der Waals surface area contributed by atoms with E-state index in [2.05, 4.69) is 15.5 Å². The van der Waals surface area contributed by atoms with Gasteiger partial charge in [-0.05, 0) is 25.5 Å². The lowest BCUT2D eigenvalue weighted by molar-refractivity contribution is -0.123. The van der Waals surface area contributed by atoms with Crippen LogP contribution < -0.4 is 10.6 Å². The maximum atomic E-state index is 12.0. The Morgan fingerprint density at radius 1 is 1.48 bits per heavy atom. The lowest BCUT2D eigenvalue weighted by atomic mass is 10.0. The van der Waals surface area contributed by atoms with Crippen molar-refractivity contribution in [3.8, 4) is 0 Å². The van der Waals surface area contributed by atoms with Crippen molar-refractivity contribution in [2.75, 3.05) is 26.2 Å². The predicted molar refractivity (Wildman–Crippen MR) is 89.2 cm³/mol. The largest absolute Gasteiger partial charge is 0.353 e. The predicted octanol–water partition coefficient (Wildman–Crippen LogP) is 2.23. The van der Waals surface area contributed by atoms with Crippen molar-refractivity contribution in [2.45, 2.75) is 25.9 Å². The molecule has 6 heteroatoms. The Morgan fingerprint density at radius 2 is 2.19 bits per heavy atom. The second kappa shape index (κ2) is 8.59. The van der Waals surface area contributed by atoms with Crippen molar-refractivity contribution in [3.05, 3.63) is 34.9 Å². The Hall–Kier alpha value is -0.810. The van der Waals surface area contributed by atoms with Crippen molar-refractivity contribution in [1.29, 1.82) is 0 Å². The fourth-order valence-electron chi connectivity index (χ4n) is 2.54. The molecule has 1 aliphatic rings. The number of piperazine rings is 1. The third-order valence-electron chi connectivity index (χ3n) is 3.41. The summed E-state index contributed by atoms with van der Waals surface area (Å²) in [6.07, 6.45) is 0. The third kappa shape index (κ3) is 5.15. The molecule has 2 rings (SSSR count). The van der Waals surface area contributed by atoms with E-state index in [1.165, 1.54) is 0 Å². The van der Waals surface area contributed by atoms with Gasteiger partial charge < -0.3 is 10.6 Å². The van der Waals surface area contributed by atoms with Crippen LogP contribution in [0.4, 0.5) is 0 Å². The molecule has 1 unspecified atom stereocenters. The summed E-state index contributed by atoms with van der Waals surface area (Å²) in [6, 6.07) is 8.17. The van der Waals surface area contributed by atoms with Gasteiger partial charge in [-0.2, -0.15) is 0 Å². The van der Waals surface area contributed by atoms with Crippen LogP contribution in [0.25, 0.3) is 0 Å². The minimum atomic E-state index is 0. The molecule has 0 saturated carbocycles. The molecule has 0 spiro atoms. The molecule has 1 atom stereocenters. The molecule has 1 amide bonds. The molecular formula is C15H23Cl2N3O. The fourth-order valence-corrected chi connectivity index (χ4v) is 2.80. The first-order valence-electron chi connectivity index (χ1n) is 7.06. The average Bonchev–Trinajstić information content (AvgIpc) is 2.39. The van der Waals surface area contributed by atoms with Crippen LogP contribution in [-0.4, -0.2) is 43.0 Å². The fraction of sp³-hybridized carbons (Fsp3) is 0.533. The van der Waals surface area contributed by atoms with Gasteiger partial charge in [0.05, 0.1) is 6.54 Å². The number of carbonyl (C=O) groups is 1. The summed E-state index contributed by atoms with van der Waals surface area (Å²) in [5, 5.41) is 7.07. The Bertz CT molecular complexity index is 468. The lowest BCUT2D eigenvalue weighted by Crippen LogP contribution is -2.50. The van der Waals surface area contributed by atoms with Gasteiger partial charge in [0.1, 0.15) is 0 Å². The van der Waals surface area contributed by atoms with Crippen LogP contribution in [-0.2, 0) is 4.79 Å². The van der Waals surface area contributed by atoms with E-state index in [1.54, 1.807) is 0 Å². The van der Waals surface area contributed by atoms with Crippen molar-refractivity contribution in [3.63, 3.8) is 0 Å². The zero-order valence-electron chi connectivity index (χ0n) is 12.4. The maximum absolute atomic E-state index is 12.0. The quantitative estimate of drug-likeness (QED) is 0.889. The monoisotopic (exact) mass is 331 g/mol. The Morgan fingerprint density at radius 3 is 2.86 bits per heavy atom. The third-order valence-corrected chi connectivity index (χ3v) is 3.76. The van der Waals surface area contributed by atoms with Gasteiger partial charge in [-0.15, -0.1) is 12.4 Å². The van der Waals surface area contributed by atoms with E-state index in [0.717, 1.165) is 30.2 Å². The number of nitrogens with one attached hydrogen (secondary N) is 2. The summed E-state index contributed by atoms with van der Waals surface area (Å²) in [7, 11) is 0. The molecular weight excluding hydrogens is 309 g/mol. The van der Waals surface area contributed by atoms with Gasteiger partial charge >= 0.3 is 0 Å². The second-order valence-corrected chi connectivity index (χ2v) is 5.84. The van der Waals surface area contributed by atoms with Gasteiger partial charge in [-0.1, -0.05) is 29.8 Å². The number of amides is 1. The SMILES string of the molecule is CC(C)NC(=O)CN1CCNCC1c1ccccc1Cl.Cl. The van der Waals surface area contributed by atoms with Crippen LogP contribution in [0.5, 0.6) is 0 Å². The van der Waals surface area contributed by atoms with Crippen LogP contribution in [0.15, 0.2) is 24.3 Å². The van der Waals surface area contributed by atoms with E-state index in [1.807, 2.05) is 38.1 Å². The Balaban J connectivity index is 0.00000220. The first-order valence-corrected chi connectivity index (χ1v) is 7.44. The summed E-state index contributed by atoms with van der Waals surface area (Å²) in [4.78, 5) is 14.2. The van der Waals surface area contributed by atoms with Crippen LogP contribution in [0.1, 0.15) is 25.5 Å². The van der Waals surface area contributed by atoms with E-state index >= 15 is 0 Å². The first kappa shape index (κ1) is 18.2. The number of hydrogen-bond donors (Lipinski definition) is 2. The van der Waals surface area contributed by atoms with Crippen molar-refractivity contribution in [1.82, 2.24) is 15.5 Å². The number of halogens is 2. The molecule has 21 heavy (non-hydrogen) atoms. The highest BCUT2D eigenvalue weighted by molar-refractivity contribution is 6.31. The molecule has 0 bridgehead atoms. The van der Waals surface area contributed by atoms with Crippen LogP contribution in [0.2, 0.25) is 5.02 Å². The van der Waals surface area contributed by atoms with Gasteiger partial charge in [0, 0.05) is 36.7 Å². The molecule has 1 heterocycles. The molecule has 1 aromatic carbocycles. The summed E-state index contributed by atoms with van der Waals surface area (Å²) in [5.41, 5.74) is 1.08. The number of nitrogens with zero attached hydrogens (tertiary/aromatic N) is 1. The van der Waals surface area contributed by atoms with Gasteiger partial charge in [0.2, 0.25) is 5.91 Å². The molecule has 4 nitrogen and oxygen atoms in total. The lowest BCUT2D eigenvalue weighted by Gasteiger charge is -2.36. The first-order chi connectivity index (χ1) is 9.58. The maximum Gasteiger partial charge on any atom is 0.234 e. The summed E-state index contributed by atoms with van der Waals surface area (Å²) >= 11 is 6.29. The molecule has 0 radical (unpaired) electrons. The molecule has 1 aliphatic heterocycles. The standard InChI is InChI=1S/C15H22ClN3O.ClH/c1-11(2)18-15(20)10-19-8-7-17-9-14(19)12-5-3-4-6-13(12)16;/h3-6,11,14,17H,7-10H2,1-2H3,(H,18,20);1H. The molecule has 0 aromatic heterocycles. The number of carbonyl (C=O) groups excluding carboxylic acids is 1. The topological polar surface area (TPSA) is 44.4 Å². The molecule has 0 aliphatic carbocycles. The van der Waals surface area contributed by atoms with Gasteiger partial charge in [0.15, 0.2) is 0 Å². The summed E-state index contributed by atoms with van der Waals surface area (Å²) in [6.45, 7) is 6.92. The van der Waals surface area contributed by atoms with Crippen molar-refractivity contribution in [2.24, 2.45) is 0 Å². The normalized spacial score (nSPS) is 19.1. The summed E-state index contributed by atoms with van der Waals surface area (Å²) in [5.74, 6) is 0.0685. The number of hydrogen-bond acceptors (Lipinski definition) is 3. The minimum Gasteiger partial charge on any atom is -0.353 e. The highest BCUT2D eigenvalue weighted by atomic mass is 35.5. The van der Waals surface area contributed by atoms with Crippen LogP contribution in [0, 0.1) is 0 Å². The summed E-state index contributed by atoms with van der Waals surface area (Å²) < 4.78 is 0. The number of benzene rings is 1. The van der Waals surface area contributed by atoms with Crippen molar-refractivity contribution < 1.29 is 4.79 Å². The van der Waals surface area contributed by atoms with Gasteiger partial charge in [0.25, 0.3) is 0 Å². The van der Waals surface area contributed by atoms with E-state index < -0.39 is 0 Å². The van der Waals surface area contributed by atoms with E-state index in [4.69, 9.17) is 11.6 Å². The van der Waals surface area contributed by atoms with E-state index in [-0.39, 0.29) is 30.4 Å². The molecule has 2 N–H and O–H groups in total. The Kier molecular flexibility index (Phi) is 7.46. The highest BCUT2D eigenvalue weighted by Crippen LogP contribution is 2.28. The molecule has 1 aromatic rings. The zero-order chi connectivity index (χ0) is 14.5.